The van der Waals surface area contributed by atoms with Crippen molar-refractivity contribution in [3.05, 3.63) is 76.9 Å². The molecule has 6 heteroatoms. The Hall–Kier alpha value is -3.54. The number of hydrogen-bond donors (Lipinski definition) is 0. The number of amides is 2. The zero-order valence-corrected chi connectivity index (χ0v) is 16.9. The lowest BCUT2D eigenvalue weighted by Crippen LogP contribution is -2.58. The van der Waals surface area contributed by atoms with Crippen LogP contribution in [0.15, 0.2) is 70.4 Å². The molecule has 2 aromatic rings. The third-order valence-electron chi connectivity index (χ3n) is 5.22. The Balaban J connectivity index is 1.94. The number of nitrogens with zero attached hydrogens (tertiary/aromatic N) is 4. The first-order valence-electron chi connectivity index (χ1n) is 9.46. The van der Waals surface area contributed by atoms with Crippen molar-refractivity contribution in [3.8, 4) is 0 Å². The number of allylic oxidation sites excluding steroid dienone is 1. The molecule has 6 nitrogen and oxygen atoms in total. The molecule has 146 valence electrons. The summed E-state index contributed by atoms with van der Waals surface area (Å²) in [6.07, 6.45) is 3.11. The summed E-state index contributed by atoms with van der Waals surface area (Å²) in [7, 11) is 0. The standard InChI is InChI=1S/C23H22N4O2/c1-15(2)13-21(28)27-23(19-11-7-6-10-18(19)14-24-27)17(4)25-26(22(23)29)20-12-8-5-9-16(20)3/h5-14H,1-4H3. The third-order valence-corrected chi connectivity index (χ3v) is 5.22. The molecule has 0 saturated heterocycles. The van der Waals surface area contributed by atoms with E-state index in [1.165, 1.54) is 16.1 Å². The smallest absolute Gasteiger partial charge is 0.269 e. The molecule has 0 aromatic heterocycles. The van der Waals surface area contributed by atoms with Crippen LogP contribution < -0.4 is 5.01 Å². The Bertz CT molecular complexity index is 1110. The molecule has 2 heterocycles. The van der Waals surface area contributed by atoms with Gasteiger partial charge in [-0.3, -0.25) is 9.59 Å². The number of rotatable bonds is 2. The molecule has 0 bridgehead atoms. The zero-order valence-electron chi connectivity index (χ0n) is 16.9. The van der Waals surface area contributed by atoms with Crippen molar-refractivity contribution in [2.45, 2.75) is 33.2 Å². The summed E-state index contributed by atoms with van der Waals surface area (Å²) in [6.45, 7) is 7.38. The molecule has 1 atom stereocenters. The molecule has 0 saturated carbocycles. The number of aryl methyl sites for hydroxylation is 1. The minimum Gasteiger partial charge on any atom is -0.269 e. The summed E-state index contributed by atoms with van der Waals surface area (Å²) >= 11 is 0. The Labute approximate surface area is 169 Å². The average Bonchev–Trinajstić information content (AvgIpc) is 2.94. The lowest BCUT2D eigenvalue weighted by molar-refractivity contribution is -0.139. The van der Waals surface area contributed by atoms with Crippen LogP contribution in [0, 0.1) is 6.92 Å². The summed E-state index contributed by atoms with van der Waals surface area (Å²) in [6, 6.07) is 15.1. The number of hydrogen-bond acceptors (Lipinski definition) is 4. The molecule has 2 aliphatic heterocycles. The third kappa shape index (κ3) is 2.71. The lowest BCUT2D eigenvalue weighted by Gasteiger charge is -2.39. The van der Waals surface area contributed by atoms with Crippen molar-refractivity contribution in [2.75, 3.05) is 5.01 Å². The van der Waals surface area contributed by atoms with Crippen molar-refractivity contribution < 1.29 is 9.59 Å². The summed E-state index contributed by atoms with van der Waals surface area (Å²) in [4.78, 5) is 27.0. The van der Waals surface area contributed by atoms with Gasteiger partial charge in [-0.25, -0.2) is 5.01 Å². The number of carbonyl (C=O) groups excluding carboxylic acids is 2. The van der Waals surface area contributed by atoms with Crippen molar-refractivity contribution in [1.82, 2.24) is 5.01 Å². The number of para-hydroxylation sites is 1. The van der Waals surface area contributed by atoms with Crippen molar-refractivity contribution in [2.24, 2.45) is 10.2 Å². The highest BCUT2D eigenvalue weighted by atomic mass is 16.2. The van der Waals surface area contributed by atoms with Crippen LogP contribution in [0.2, 0.25) is 0 Å². The molecule has 29 heavy (non-hydrogen) atoms. The second-order valence-electron chi connectivity index (χ2n) is 7.50. The minimum absolute atomic E-state index is 0.316. The summed E-state index contributed by atoms with van der Waals surface area (Å²) in [5.41, 5.74) is 3.03. The van der Waals surface area contributed by atoms with E-state index in [4.69, 9.17) is 0 Å². The normalized spacial score (nSPS) is 20.0. The van der Waals surface area contributed by atoms with Gasteiger partial charge in [0.25, 0.3) is 11.8 Å². The van der Waals surface area contributed by atoms with Gasteiger partial charge in [0.2, 0.25) is 5.54 Å². The average molecular weight is 386 g/mol. The van der Waals surface area contributed by atoms with Gasteiger partial charge < -0.3 is 0 Å². The first-order chi connectivity index (χ1) is 13.9. The van der Waals surface area contributed by atoms with E-state index >= 15 is 0 Å². The van der Waals surface area contributed by atoms with Crippen LogP contribution in [0.1, 0.15) is 37.5 Å². The van der Waals surface area contributed by atoms with E-state index in [1.54, 1.807) is 13.1 Å². The molecular formula is C23H22N4O2. The topological polar surface area (TPSA) is 65.3 Å². The highest BCUT2D eigenvalue weighted by Crippen LogP contribution is 2.43. The van der Waals surface area contributed by atoms with Gasteiger partial charge in [-0.05, 0) is 39.3 Å². The number of hydrazone groups is 2. The van der Waals surface area contributed by atoms with E-state index in [0.29, 0.717) is 17.0 Å². The molecule has 4 rings (SSSR count). The molecule has 2 aliphatic rings. The highest BCUT2D eigenvalue weighted by Gasteiger charge is 2.59. The molecule has 2 aromatic carbocycles. The van der Waals surface area contributed by atoms with Crippen LogP contribution in [0.25, 0.3) is 0 Å². The lowest BCUT2D eigenvalue weighted by atomic mass is 9.80. The fourth-order valence-electron chi connectivity index (χ4n) is 3.88. The van der Waals surface area contributed by atoms with Gasteiger partial charge in [0, 0.05) is 17.2 Å². The summed E-state index contributed by atoms with van der Waals surface area (Å²) in [5, 5.41) is 11.7. The Morgan fingerprint density at radius 3 is 2.45 bits per heavy atom. The fraction of sp³-hybridized carbons (Fsp3) is 0.217. The Kier molecular flexibility index (Phi) is 4.42. The maximum atomic E-state index is 13.9. The molecule has 1 spiro atoms. The molecule has 1 unspecified atom stereocenters. The van der Waals surface area contributed by atoms with Gasteiger partial charge in [0.15, 0.2) is 0 Å². The van der Waals surface area contributed by atoms with Crippen LogP contribution in [0.3, 0.4) is 0 Å². The van der Waals surface area contributed by atoms with Gasteiger partial charge >= 0.3 is 0 Å². The number of carbonyl (C=O) groups is 2. The number of fused-ring (bicyclic) bond motifs is 2. The first-order valence-corrected chi connectivity index (χ1v) is 9.46. The Morgan fingerprint density at radius 2 is 1.72 bits per heavy atom. The van der Waals surface area contributed by atoms with Crippen molar-refractivity contribution in [3.63, 3.8) is 0 Å². The highest BCUT2D eigenvalue weighted by molar-refractivity contribution is 6.25. The number of anilines is 1. The maximum absolute atomic E-state index is 13.9. The van der Waals surface area contributed by atoms with E-state index in [0.717, 1.165) is 16.7 Å². The van der Waals surface area contributed by atoms with Gasteiger partial charge in [-0.1, -0.05) is 48.0 Å². The van der Waals surface area contributed by atoms with Crippen LogP contribution in [-0.4, -0.2) is 28.7 Å². The van der Waals surface area contributed by atoms with Gasteiger partial charge in [0.1, 0.15) is 0 Å². The molecule has 2 amide bonds. The van der Waals surface area contributed by atoms with E-state index < -0.39 is 5.54 Å². The minimum atomic E-state index is -1.41. The quantitative estimate of drug-likeness (QED) is 0.738. The van der Waals surface area contributed by atoms with Crippen molar-refractivity contribution in [1.29, 1.82) is 0 Å². The summed E-state index contributed by atoms with van der Waals surface area (Å²) < 4.78 is 0. The first kappa shape index (κ1) is 18.8. The molecule has 0 aliphatic carbocycles. The monoisotopic (exact) mass is 386 g/mol. The van der Waals surface area contributed by atoms with Crippen LogP contribution in [0.4, 0.5) is 5.69 Å². The second kappa shape index (κ2) is 6.81. The molecule has 0 radical (unpaired) electrons. The molecule has 0 N–H and O–H groups in total. The van der Waals surface area contributed by atoms with Gasteiger partial charge in [-0.2, -0.15) is 15.2 Å². The van der Waals surface area contributed by atoms with Gasteiger partial charge in [0.05, 0.1) is 17.6 Å². The maximum Gasteiger partial charge on any atom is 0.286 e. The largest absolute Gasteiger partial charge is 0.286 e. The SMILES string of the molecule is CC(C)=CC(=O)N1N=Cc2ccccc2C12C(=O)N(c1ccccc1C)N=C2C. The van der Waals surface area contributed by atoms with Crippen molar-refractivity contribution >= 4 is 29.4 Å². The van der Waals surface area contributed by atoms with E-state index in [1.807, 2.05) is 69.3 Å². The van der Waals surface area contributed by atoms with Crippen LogP contribution in [-0.2, 0) is 15.1 Å². The zero-order chi connectivity index (χ0) is 20.8. The predicted molar refractivity (Wildman–Crippen MR) is 114 cm³/mol. The van der Waals surface area contributed by atoms with E-state index in [2.05, 4.69) is 10.2 Å². The number of benzene rings is 2. The molecular weight excluding hydrogens is 364 g/mol. The van der Waals surface area contributed by atoms with E-state index in [9.17, 15) is 9.59 Å². The second-order valence-corrected chi connectivity index (χ2v) is 7.50. The fourth-order valence-corrected chi connectivity index (χ4v) is 3.88. The van der Waals surface area contributed by atoms with Gasteiger partial charge in [-0.15, -0.1) is 0 Å². The summed E-state index contributed by atoms with van der Waals surface area (Å²) in [5.74, 6) is -0.672. The molecule has 0 fully saturated rings. The predicted octanol–water partition coefficient (Wildman–Crippen LogP) is 3.76. The van der Waals surface area contributed by atoms with Crippen LogP contribution >= 0.6 is 0 Å². The van der Waals surface area contributed by atoms with E-state index in [-0.39, 0.29) is 11.8 Å². The Morgan fingerprint density at radius 1 is 1.03 bits per heavy atom. The van der Waals surface area contributed by atoms with Crippen LogP contribution in [0.5, 0.6) is 0 Å².